The first kappa shape index (κ1) is 18.2. The molecule has 3 aromatic rings. The van der Waals surface area contributed by atoms with Crippen molar-refractivity contribution >= 4 is 22.6 Å². The van der Waals surface area contributed by atoms with Crippen LogP contribution in [0.1, 0.15) is 11.1 Å². The maximum absolute atomic E-state index is 12.9. The van der Waals surface area contributed by atoms with Crippen LogP contribution in [0.2, 0.25) is 0 Å². The molecule has 2 amide bonds. The first-order valence-corrected chi connectivity index (χ1v) is 9.38. The summed E-state index contributed by atoms with van der Waals surface area (Å²) in [6.07, 6.45) is 0. The molecule has 1 aliphatic heterocycles. The van der Waals surface area contributed by atoms with Gasteiger partial charge >= 0.3 is 0 Å². The van der Waals surface area contributed by atoms with E-state index in [0.29, 0.717) is 13.1 Å². The highest BCUT2D eigenvalue weighted by Gasteiger charge is 2.33. The van der Waals surface area contributed by atoms with Gasteiger partial charge in [-0.15, -0.1) is 0 Å². The van der Waals surface area contributed by atoms with Gasteiger partial charge in [0.05, 0.1) is 6.61 Å². The number of rotatable bonds is 5. The van der Waals surface area contributed by atoms with Crippen molar-refractivity contribution in [1.82, 2.24) is 10.2 Å². The summed E-state index contributed by atoms with van der Waals surface area (Å²) >= 11 is 0. The predicted molar refractivity (Wildman–Crippen MR) is 107 cm³/mol. The van der Waals surface area contributed by atoms with E-state index in [4.69, 9.17) is 4.74 Å². The lowest BCUT2D eigenvalue weighted by atomic mass is 10.0. The molecule has 0 radical (unpaired) electrons. The van der Waals surface area contributed by atoms with Gasteiger partial charge in [-0.25, -0.2) is 0 Å². The number of nitrogens with one attached hydrogen (secondary N) is 1. The molecule has 0 bridgehead atoms. The van der Waals surface area contributed by atoms with Crippen LogP contribution in [-0.2, 0) is 27.4 Å². The molecule has 5 nitrogen and oxygen atoms in total. The van der Waals surface area contributed by atoms with Gasteiger partial charge in [-0.05, 0) is 21.9 Å². The summed E-state index contributed by atoms with van der Waals surface area (Å²) in [7, 11) is 0. The van der Waals surface area contributed by atoms with Crippen LogP contribution < -0.4 is 5.32 Å². The minimum Gasteiger partial charge on any atom is -0.369 e. The summed E-state index contributed by atoms with van der Waals surface area (Å²) in [6.45, 7) is 1.03. The Morgan fingerprint density at radius 1 is 1.00 bits per heavy atom. The van der Waals surface area contributed by atoms with E-state index in [2.05, 4.69) is 17.4 Å². The van der Waals surface area contributed by atoms with E-state index in [1.54, 1.807) is 4.90 Å². The summed E-state index contributed by atoms with van der Waals surface area (Å²) in [5.41, 5.74) is 2.04. The average Bonchev–Trinajstić information content (AvgIpc) is 2.74. The summed E-state index contributed by atoms with van der Waals surface area (Å²) in [5.74, 6) is -0.364. The highest BCUT2D eigenvalue weighted by Crippen LogP contribution is 2.19. The number of fused-ring (bicyclic) bond motifs is 1. The van der Waals surface area contributed by atoms with E-state index in [1.165, 1.54) is 0 Å². The molecule has 1 heterocycles. The lowest BCUT2D eigenvalue weighted by Crippen LogP contribution is -2.55. The van der Waals surface area contributed by atoms with E-state index in [1.807, 2.05) is 60.7 Å². The van der Waals surface area contributed by atoms with Crippen LogP contribution in [-0.4, -0.2) is 36.0 Å². The van der Waals surface area contributed by atoms with Gasteiger partial charge in [-0.1, -0.05) is 72.8 Å². The number of carbonyl (C=O) groups is 2. The number of benzene rings is 3. The third-order valence-electron chi connectivity index (χ3n) is 5.03. The Kier molecular flexibility index (Phi) is 5.35. The van der Waals surface area contributed by atoms with E-state index < -0.39 is 6.04 Å². The van der Waals surface area contributed by atoms with Gasteiger partial charge in [0.15, 0.2) is 0 Å². The van der Waals surface area contributed by atoms with Gasteiger partial charge in [0.2, 0.25) is 11.8 Å². The minimum absolute atomic E-state index is 0.0138. The molecule has 1 aliphatic rings. The molecule has 1 saturated heterocycles. The molecule has 3 aromatic carbocycles. The summed E-state index contributed by atoms with van der Waals surface area (Å²) in [6, 6.07) is 23.2. The second kappa shape index (κ2) is 8.23. The maximum Gasteiger partial charge on any atom is 0.249 e. The molecular weight excluding hydrogens is 352 g/mol. The fourth-order valence-corrected chi connectivity index (χ4v) is 3.55. The van der Waals surface area contributed by atoms with Crippen LogP contribution in [0.4, 0.5) is 0 Å². The zero-order valence-corrected chi connectivity index (χ0v) is 15.5. The summed E-state index contributed by atoms with van der Waals surface area (Å²) in [4.78, 5) is 26.9. The average molecular weight is 374 g/mol. The molecule has 1 fully saturated rings. The maximum atomic E-state index is 12.9. The van der Waals surface area contributed by atoms with Crippen molar-refractivity contribution < 1.29 is 14.3 Å². The van der Waals surface area contributed by atoms with Gasteiger partial charge < -0.3 is 15.0 Å². The SMILES string of the molecule is O=C(NCc1cccc2ccccc12)C1COCC(=O)N1Cc1ccccc1. The number of ether oxygens (including phenoxy) is 1. The van der Waals surface area contributed by atoms with Crippen LogP contribution in [0, 0.1) is 0 Å². The number of hydrogen-bond donors (Lipinski definition) is 1. The summed E-state index contributed by atoms with van der Waals surface area (Å²) in [5, 5.41) is 5.23. The fourth-order valence-electron chi connectivity index (χ4n) is 3.55. The van der Waals surface area contributed by atoms with E-state index >= 15 is 0 Å². The monoisotopic (exact) mass is 374 g/mol. The van der Waals surface area contributed by atoms with Crippen LogP contribution in [0.15, 0.2) is 72.8 Å². The quantitative estimate of drug-likeness (QED) is 0.747. The van der Waals surface area contributed by atoms with Crippen LogP contribution in [0.25, 0.3) is 10.8 Å². The number of morpholine rings is 1. The number of carbonyl (C=O) groups excluding carboxylic acids is 2. The third kappa shape index (κ3) is 3.89. The molecular formula is C23H22N2O3. The highest BCUT2D eigenvalue weighted by molar-refractivity contribution is 5.90. The van der Waals surface area contributed by atoms with Gasteiger partial charge in [-0.3, -0.25) is 9.59 Å². The molecule has 5 heteroatoms. The number of hydrogen-bond acceptors (Lipinski definition) is 3. The molecule has 1 unspecified atom stereocenters. The number of amides is 2. The van der Waals surface area contributed by atoms with Crippen molar-refractivity contribution in [2.75, 3.05) is 13.2 Å². The van der Waals surface area contributed by atoms with Gasteiger partial charge in [-0.2, -0.15) is 0 Å². The molecule has 0 spiro atoms. The molecule has 0 aromatic heterocycles. The smallest absolute Gasteiger partial charge is 0.249 e. The van der Waals surface area contributed by atoms with Crippen molar-refractivity contribution in [3.8, 4) is 0 Å². The van der Waals surface area contributed by atoms with Gasteiger partial charge in [0.25, 0.3) is 0 Å². The lowest BCUT2D eigenvalue weighted by molar-refractivity contribution is -0.155. The first-order valence-electron chi connectivity index (χ1n) is 9.38. The third-order valence-corrected chi connectivity index (χ3v) is 5.03. The van der Waals surface area contributed by atoms with Crippen molar-refractivity contribution in [1.29, 1.82) is 0 Å². The number of nitrogens with zero attached hydrogens (tertiary/aromatic N) is 1. The van der Waals surface area contributed by atoms with Crippen LogP contribution in [0.3, 0.4) is 0 Å². The Bertz CT molecular complexity index is 982. The Balaban J connectivity index is 1.48. The van der Waals surface area contributed by atoms with E-state index in [9.17, 15) is 9.59 Å². The van der Waals surface area contributed by atoms with Crippen molar-refractivity contribution in [2.45, 2.75) is 19.1 Å². The van der Waals surface area contributed by atoms with Crippen molar-refractivity contribution in [3.05, 3.63) is 83.9 Å². The fraction of sp³-hybridized carbons (Fsp3) is 0.217. The normalized spacial score (nSPS) is 16.9. The van der Waals surface area contributed by atoms with Gasteiger partial charge in [0, 0.05) is 13.1 Å². The largest absolute Gasteiger partial charge is 0.369 e. The Hall–Kier alpha value is -3.18. The standard InChI is InChI=1S/C23H22N2O3/c26-22-16-28-15-21(25(22)14-17-7-2-1-3-8-17)23(27)24-13-19-11-6-10-18-9-4-5-12-20(18)19/h1-12,21H,13-16H2,(H,24,27). The second-order valence-electron chi connectivity index (χ2n) is 6.89. The Morgan fingerprint density at radius 2 is 1.75 bits per heavy atom. The molecule has 0 aliphatic carbocycles. The topological polar surface area (TPSA) is 58.6 Å². The Morgan fingerprint density at radius 3 is 2.61 bits per heavy atom. The second-order valence-corrected chi connectivity index (χ2v) is 6.89. The Labute approximate surface area is 163 Å². The first-order chi connectivity index (χ1) is 13.7. The van der Waals surface area contributed by atoms with E-state index in [-0.39, 0.29) is 25.0 Å². The van der Waals surface area contributed by atoms with Crippen molar-refractivity contribution in [3.63, 3.8) is 0 Å². The van der Waals surface area contributed by atoms with Gasteiger partial charge in [0.1, 0.15) is 12.6 Å². The minimum atomic E-state index is -0.628. The molecule has 0 saturated carbocycles. The van der Waals surface area contributed by atoms with Crippen LogP contribution >= 0.6 is 0 Å². The molecule has 4 rings (SSSR count). The van der Waals surface area contributed by atoms with Crippen LogP contribution in [0.5, 0.6) is 0 Å². The zero-order valence-electron chi connectivity index (χ0n) is 15.5. The highest BCUT2D eigenvalue weighted by atomic mass is 16.5. The predicted octanol–water partition coefficient (Wildman–Crippen LogP) is 2.88. The molecule has 1 N–H and O–H groups in total. The van der Waals surface area contributed by atoms with Crippen molar-refractivity contribution in [2.24, 2.45) is 0 Å². The van der Waals surface area contributed by atoms with E-state index in [0.717, 1.165) is 21.9 Å². The molecule has 142 valence electrons. The molecule has 28 heavy (non-hydrogen) atoms. The summed E-state index contributed by atoms with van der Waals surface area (Å²) < 4.78 is 5.35. The zero-order chi connectivity index (χ0) is 19.3. The lowest BCUT2D eigenvalue weighted by Gasteiger charge is -2.34. The molecule has 1 atom stereocenters.